The highest BCUT2D eigenvalue weighted by Gasteiger charge is 2.28. The lowest BCUT2D eigenvalue weighted by molar-refractivity contribution is -0.125. The quantitative estimate of drug-likeness (QED) is 0.0619. The number of rotatable bonds is 18. The van der Waals surface area contributed by atoms with Gasteiger partial charge in [-0.05, 0) is 90.3 Å². The van der Waals surface area contributed by atoms with Crippen molar-refractivity contribution in [3.63, 3.8) is 0 Å². The number of benzene rings is 4. The predicted molar refractivity (Wildman–Crippen MR) is 189 cm³/mol. The highest BCUT2D eigenvalue weighted by Crippen LogP contribution is 2.32. The van der Waals surface area contributed by atoms with Gasteiger partial charge in [-0.25, -0.2) is 0 Å². The van der Waals surface area contributed by atoms with E-state index in [1.54, 1.807) is 55.7 Å². The zero-order valence-corrected chi connectivity index (χ0v) is 28.0. The summed E-state index contributed by atoms with van der Waals surface area (Å²) in [4.78, 5) is 18.4. The van der Waals surface area contributed by atoms with Gasteiger partial charge in [-0.15, -0.1) is 0 Å². The number of ketones is 1. The summed E-state index contributed by atoms with van der Waals surface area (Å²) in [5, 5.41) is 46.9. The van der Waals surface area contributed by atoms with Crippen LogP contribution in [0.15, 0.2) is 97.3 Å². The number of fused-ring (bicyclic) bond motifs is 1. The summed E-state index contributed by atoms with van der Waals surface area (Å²) in [7, 11) is 1.49. The number of Topliss-reactive ketones (excluding diaryl/α,β-unsaturated/α-hetero) is 1. The first-order valence-corrected chi connectivity index (χ1v) is 16.6. The van der Waals surface area contributed by atoms with Crippen LogP contribution in [0.5, 0.6) is 23.0 Å². The summed E-state index contributed by atoms with van der Waals surface area (Å²) >= 11 is 0. The predicted octanol–water partition coefficient (Wildman–Crippen LogP) is 5.35. The summed E-state index contributed by atoms with van der Waals surface area (Å²) in [5.74, 6) is -0.185. The number of carbonyl (C=O) groups excluding carboxylic acids is 1. The first-order valence-electron chi connectivity index (χ1n) is 16.6. The Morgan fingerprint density at radius 1 is 0.776 bits per heavy atom. The zero-order valence-electron chi connectivity index (χ0n) is 28.0. The molecule has 0 amide bonds. The van der Waals surface area contributed by atoms with E-state index in [1.807, 2.05) is 24.3 Å². The van der Waals surface area contributed by atoms with Crippen LogP contribution in [0.25, 0.3) is 10.8 Å². The molecule has 0 aliphatic rings. The molecule has 4 unspecified atom stereocenters. The molecule has 4 atom stereocenters. The summed E-state index contributed by atoms with van der Waals surface area (Å²) in [6, 6.07) is 26.4. The van der Waals surface area contributed by atoms with Gasteiger partial charge in [0.15, 0.2) is 23.0 Å². The fraction of sp³-hybridized carbons (Fsp3) is 0.325. The molecule has 0 fully saturated rings. The van der Waals surface area contributed by atoms with Gasteiger partial charge in [0, 0.05) is 18.9 Å². The summed E-state index contributed by atoms with van der Waals surface area (Å²) in [6.45, 7) is 2.11. The highest BCUT2D eigenvalue weighted by molar-refractivity contribution is 5.84. The number of aliphatic hydroxyl groups excluding tert-OH is 2. The second-order valence-corrected chi connectivity index (χ2v) is 12.8. The first kappa shape index (κ1) is 35.5. The molecule has 0 aliphatic heterocycles. The standard InChI is InChI=1S/C40H45N2O7/c1-26(43)23-42-25-49-40-21-29(9-12-36(40)45)18-33(16-27-7-10-31-5-3-4-6-32(31)15-27)37(46)22-38(47)34(19-30-13-14-41-24-30)17-28-8-11-35(44)39(20-28)48-2/h3-15,20-21,24,26,33-34,38,42-45,47H,16-19,22-23,25H2,1-2H3/q-1. The molecule has 9 nitrogen and oxygen atoms in total. The molecule has 9 heteroatoms. The molecule has 0 spiro atoms. The van der Waals surface area contributed by atoms with Crippen molar-refractivity contribution in [1.82, 2.24) is 10.3 Å². The molecule has 0 radical (unpaired) electrons. The van der Waals surface area contributed by atoms with E-state index >= 15 is 0 Å². The van der Waals surface area contributed by atoms with E-state index in [4.69, 9.17) is 9.47 Å². The third-order valence-electron chi connectivity index (χ3n) is 8.84. The van der Waals surface area contributed by atoms with Gasteiger partial charge < -0.3 is 34.9 Å². The van der Waals surface area contributed by atoms with Crippen LogP contribution in [0, 0.1) is 11.8 Å². The van der Waals surface area contributed by atoms with Crippen LogP contribution in [-0.2, 0) is 30.5 Å². The van der Waals surface area contributed by atoms with E-state index in [2.05, 4.69) is 34.6 Å². The largest absolute Gasteiger partial charge is 0.670 e. The van der Waals surface area contributed by atoms with Gasteiger partial charge in [0.05, 0.1) is 19.3 Å². The van der Waals surface area contributed by atoms with Gasteiger partial charge in [0.2, 0.25) is 0 Å². The van der Waals surface area contributed by atoms with E-state index < -0.39 is 18.1 Å². The highest BCUT2D eigenvalue weighted by atomic mass is 16.5. The van der Waals surface area contributed by atoms with Gasteiger partial charge in [-0.3, -0.25) is 10.1 Å². The summed E-state index contributed by atoms with van der Waals surface area (Å²) < 4.78 is 11.0. The first-order chi connectivity index (χ1) is 23.7. The minimum atomic E-state index is -0.944. The Morgan fingerprint density at radius 3 is 2.10 bits per heavy atom. The Kier molecular flexibility index (Phi) is 12.3. The molecule has 0 aliphatic carbocycles. The molecular formula is C40H45N2O7-. The molecule has 49 heavy (non-hydrogen) atoms. The van der Waals surface area contributed by atoms with Crippen molar-refractivity contribution in [2.45, 2.75) is 51.2 Å². The minimum absolute atomic E-state index is 0.0221. The fourth-order valence-electron chi connectivity index (χ4n) is 6.21. The van der Waals surface area contributed by atoms with Crippen molar-refractivity contribution in [3.8, 4) is 23.0 Å². The lowest BCUT2D eigenvalue weighted by atomic mass is 9.82. The maximum atomic E-state index is 14.2. The molecule has 4 aromatic carbocycles. The molecule has 5 rings (SSSR count). The van der Waals surface area contributed by atoms with E-state index in [0.717, 1.165) is 33.0 Å². The Morgan fingerprint density at radius 2 is 1.41 bits per heavy atom. The van der Waals surface area contributed by atoms with Crippen molar-refractivity contribution in [1.29, 1.82) is 0 Å². The van der Waals surface area contributed by atoms with Crippen LogP contribution in [0.3, 0.4) is 0 Å². The molecular weight excluding hydrogens is 620 g/mol. The number of aromatic nitrogens is 1. The average molecular weight is 666 g/mol. The Hall–Kier alpha value is -4.83. The maximum Gasteiger partial charge on any atom is 0.163 e. The van der Waals surface area contributed by atoms with Crippen molar-refractivity contribution >= 4 is 16.6 Å². The zero-order chi connectivity index (χ0) is 34.8. The lowest BCUT2D eigenvalue weighted by Gasteiger charge is -2.25. The molecule has 5 N–H and O–H groups in total. The van der Waals surface area contributed by atoms with E-state index in [-0.39, 0.29) is 42.1 Å². The normalized spacial score (nSPS) is 13.9. The molecule has 1 aromatic heterocycles. The number of phenolic OH excluding ortho intramolecular Hbond substituents is 2. The maximum absolute atomic E-state index is 14.2. The van der Waals surface area contributed by atoms with Crippen molar-refractivity contribution in [2.75, 3.05) is 20.4 Å². The van der Waals surface area contributed by atoms with Crippen molar-refractivity contribution in [3.05, 3.63) is 120 Å². The number of nitrogens with one attached hydrogen (secondary N) is 1. The van der Waals surface area contributed by atoms with E-state index in [1.165, 1.54) is 7.11 Å². The Balaban J connectivity index is 1.38. The second kappa shape index (κ2) is 17.0. The van der Waals surface area contributed by atoms with Crippen LogP contribution in [0.2, 0.25) is 0 Å². The van der Waals surface area contributed by atoms with E-state index in [0.29, 0.717) is 38.0 Å². The number of nitrogens with zero attached hydrogens (tertiary/aromatic N) is 1. The van der Waals surface area contributed by atoms with Crippen molar-refractivity contribution < 1.29 is 34.7 Å². The van der Waals surface area contributed by atoms with Crippen LogP contribution in [-0.4, -0.2) is 58.8 Å². The van der Waals surface area contributed by atoms with Crippen LogP contribution < -0.4 is 19.8 Å². The van der Waals surface area contributed by atoms with Gasteiger partial charge >= 0.3 is 0 Å². The minimum Gasteiger partial charge on any atom is -0.670 e. The molecule has 0 saturated heterocycles. The number of carbonyl (C=O) groups is 1. The molecule has 258 valence electrons. The average Bonchev–Trinajstić information content (AvgIpc) is 3.61. The van der Waals surface area contributed by atoms with E-state index in [9.17, 15) is 25.2 Å². The monoisotopic (exact) mass is 665 g/mol. The molecule has 5 aromatic rings. The van der Waals surface area contributed by atoms with Gasteiger partial charge in [0.25, 0.3) is 0 Å². The number of aromatic hydroxyl groups is 2. The van der Waals surface area contributed by atoms with Gasteiger partial charge in [-0.2, -0.15) is 12.4 Å². The molecule has 0 bridgehead atoms. The number of methoxy groups -OCH3 is 1. The number of ether oxygens (including phenoxy) is 2. The van der Waals surface area contributed by atoms with Crippen LogP contribution in [0.1, 0.15) is 35.6 Å². The fourth-order valence-corrected chi connectivity index (χ4v) is 6.21. The number of phenols is 2. The smallest absolute Gasteiger partial charge is 0.163 e. The lowest BCUT2D eigenvalue weighted by Crippen LogP contribution is -2.31. The SMILES string of the molecule is COc1cc(CC(Cc2cc[n-]c2)C(O)CC(=O)C(Cc2ccc(O)c(OCNCC(C)O)c2)Cc2ccc3ccccc3c2)ccc1O. The number of hydrogen-bond donors (Lipinski definition) is 5. The molecule has 0 saturated carbocycles. The Bertz CT molecular complexity index is 1800. The Labute approximate surface area is 287 Å². The number of hydrogen-bond acceptors (Lipinski definition) is 8. The topological polar surface area (TPSA) is 143 Å². The summed E-state index contributed by atoms with van der Waals surface area (Å²) in [5.41, 5.74) is 3.67. The molecule has 1 heterocycles. The third-order valence-corrected chi connectivity index (χ3v) is 8.84. The number of aliphatic hydroxyl groups is 2. The van der Waals surface area contributed by atoms with Gasteiger partial charge in [0.1, 0.15) is 12.5 Å². The van der Waals surface area contributed by atoms with Gasteiger partial charge in [-0.1, -0.05) is 66.2 Å². The van der Waals surface area contributed by atoms with Crippen LogP contribution >= 0.6 is 0 Å². The van der Waals surface area contributed by atoms with Crippen molar-refractivity contribution in [2.24, 2.45) is 11.8 Å². The second-order valence-electron chi connectivity index (χ2n) is 12.8. The van der Waals surface area contributed by atoms with Crippen LogP contribution in [0.4, 0.5) is 0 Å². The summed E-state index contributed by atoms with van der Waals surface area (Å²) in [6.07, 6.45) is 3.79. The third kappa shape index (κ3) is 10.1.